The maximum atomic E-state index is 13.8. The fourth-order valence-corrected chi connectivity index (χ4v) is 4.33. The molecule has 1 aromatic heterocycles. The van der Waals surface area contributed by atoms with Crippen LogP contribution in [0.3, 0.4) is 0 Å². The summed E-state index contributed by atoms with van der Waals surface area (Å²) in [5, 5.41) is 11.3. The number of hydrogen-bond acceptors (Lipinski definition) is 6. The van der Waals surface area contributed by atoms with Gasteiger partial charge in [-0.05, 0) is 48.0 Å². The summed E-state index contributed by atoms with van der Waals surface area (Å²) in [7, 11) is 5.30. The van der Waals surface area contributed by atoms with Gasteiger partial charge < -0.3 is 19.7 Å². The molecule has 0 spiro atoms. The van der Waals surface area contributed by atoms with Crippen molar-refractivity contribution in [3.8, 4) is 5.75 Å². The Hall–Kier alpha value is -4.66. The number of imidazole rings is 1. The highest BCUT2D eigenvalue weighted by molar-refractivity contribution is 6.51. The number of ketones is 1. The maximum Gasteiger partial charge on any atom is 0.302 e. The van der Waals surface area contributed by atoms with Crippen molar-refractivity contribution in [1.29, 1.82) is 0 Å². The van der Waals surface area contributed by atoms with Crippen molar-refractivity contribution in [1.82, 2.24) is 9.97 Å². The van der Waals surface area contributed by atoms with Gasteiger partial charge in [-0.15, -0.1) is 0 Å². The quantitative estimate of drug-likeness (QED) is 0.246. The van der Waals surface area contributed by atoms with Crippen molar-refractivity contribution in [2.45, 2.75) is 6.04 Å². The second-order valence-electron chi connectivity index (χ2n) is 8.61. The van der Waals surface area contributed by atoms with Gasteiger partial charge in [-0.2, -0.15) is 0 Å². The minimum Gasteiger partial charge on any atom is -0.507 e. The van der Waals surface area contributed by atoms with E-state index in [1.165, 1.54) is 30.2 Å². The first-order chi connectivity index (χ1) is 17.3. The van der Waals surface area contributed by atoms with Crippen molar-refractivity contribution in [3.63, 3.8) is 0 Å². The molecule has 3 aromatic carbocycles. The summed E-state index contributed by atoms with van der Waals surface area (Å²) in [5.41, 5.74) is 2.56. The second-order valence-corrected chi connectivity index (χ2v) is 8.61. The van der Waals surface area contributed by atoms with E-state index in [1.807, 2.05) is 31.1 Å². The molecule has 36 heavy (non-hydrogen) atoms. The molecule has 5 rings (SSSR count). The van der Waals surface area contributed by atoms with E-state index in [0.717, 1.165) is 5.69 Å². The number of methoxy groups -OCH3 is 1. The Balaban J connectivity index is 1.72. The van der Waals surface area contributed by atoms with Crippen LogP contribution in [-0.4, -0.2) is 48.0 Å². The van der Waals surface area contributed by atoms with Crippen molar-refractivity contribution in [3.05, 3.63) is 89.2 Å². The molecule has 2 N–H and O–H groups in total. The third-order valence-corrected chi connectivity index (χ3v) is 6.17. The fourth-order valence-electron chi connectivity index (χ4n) is 4.33. The van der Waals surface area contributed by atoms with Crippen LogP contribution in [0.15, 0.2) is 72.3 Å². The predicted molar refractivity (Wildman–Crippen MR) is 135 cm³/mol. The van der Waals surface area contributed by atoms with Crippen LogP contribution in [0.1, 0.15) is 17.2 Å². The molecule has 182 valence electrons. The molecule has 1 aliphatic heterocycles. The summed E-state index contributed by atoms with van der Waals surface area (Å²) in [4.78, 5) is 37.2. The van der Waals surface area contributed by atoms with Gasteiger partial charge in [0, 0.05) is 25.3 Å². The molecule has 0 radical (unpaired) electrons. The number of aliphatic hydroxyl groups is 1. The van der Waals surface area contributed by atoms with E-state index in [9.17, 15) is 19.1 Å². The van der Waals surface area contributed by atoms with Gasteiger partial charge >= 0.3 is 5.91 Å². The molecular formula is C27H23FN4O4. The Labute approximate surface area is 206 Å². The van der Waals surface area contributed by atoms with E-state index in [-0.39, 0.29) is 17.3 Å². The van der Waals surface area contributed by atoms with Crippen LogP contribution in [-0.2, 0) is 9.59 Å². The number of anilines is 2. The van der Waals surface area contributed by atoms with Crippen molar-refractivity contribution in [2.75, 3.05) is 31.0 Å². The number of halogens is 1. The number of aliphatic hydroxyl groups excluding tert-OH is 1. The molecule has 0 aliphatic carbocycles. The lowest BCUT2D eigenvalue weighted by Gasteiger charge is -2.24. The van der Waals surface area contributed by atoms with Crippen molar-refractivity contribution in [2.24, 2.45) is 0 Å². The number of aromatic amines is 1. The molecular weight excluding hydrogens is 463 g/mol. The van der Waals surface area contributed by atoms with Gasteiger partial charge in [-0.1, -0.05) is 24.3 Å². The molecule has 1 fully saturated rings. The van der Waals surface area contributed by atoms with Crippen LogP contribution < -0.4 is 14.5 Å². The zero-order valence-electron chi connectivity index (χ0n) is 19.8. The Morgan fingerprint density at radius 1 is 1.08 bits per heavy atom. The third kappa shape index (κ3) is 3.84. The van der Waals surface area contributed by atoms with E-state index < -0.39 is 23.5 Å². The number of benzene rings is 3. The highest BCUT2D eigenvalue weighted by atomic mass is 19.1. The number of aromatic nitrogens is 2. The van der Waals surface area contributed by atoms with E-state index in [0.29, 0.717) is 27.9 Å². The zero-order valence-corrected chi connectivity index (χ0v) is 19.8. The monoisotopic (exact) mass is 486 g/mol. The number of carbonyl (C=O) groups excluding carboxylic acids is 2. The molecule has 1 amide bonds. The van der Waals surface area contributed by atoms with Gasteiger partial charge in [0.15, 0.2) is 0 Å². The Morgan fingerprint density at radius 3 is 2.53 bits per heavy atom. The highest BCUT2D eigenvalue weighted by Crippen LogP contribution is 2.42. The Kier molecular flexibility index (Phi) is 5.68. The lowest BCUT2D eigenvalue weighted by molar-refractivity contribution is -0.132. The molecule has 1 atom stereocenters. The number of amides is 1. The topological polar surface area (TPSA) is 98.8 Å². The summed E-state index contributed by atoms with van der Waals surface area (Å²) in [6.07, 6.45) is 0. The first-order valence-corrected chi connectivity index (χ1v) is 11.2. The average Bonchev–Trinajstić information content (AvgIpc) is 3.41. The minimum atomic E-state index is -0.974. The molecule has 8 nitrogen and oxygen atoms in total. The number of nitrogens with zero attached hydrogens (tertiary/aromatic N) is 3. The molecule has 1 aliphatic rings. The molecule has 4 aromatic rings. The predicted octanol–water partition coefficient (Wildman–Crippen LogP) is 4.40. The normalized spacial score (nSPS) is 17.1. The maximum absolute atomic E-state index is 13.8. The summed E-state index contributed by atoms with van der Waals surface area (Å²) in [6.45, 7) is 0. The zero-order chi connectivity index (χ0) is 25.6. The molecule has 0 bridgehead atoms. The van der Waals surface area contributed by atoms with Gasteiger partial charge in [-0.3, -0.25) is 14.5 Å². The first kappa shape index (κ1) is 23.1. The number of ether oxygens (including phenoxy) is 1. The lowest BCUT2D eigenvalue weighted by atomic mass is 9.95. The van der Waals surface area contributed by atoms with Crippen molar-refractivity contribution < 1.29 is 23.8 Å². The van der Waals surface area contributed by atoms with Gasteiger partial charge in [0.2, 0.25) is 5.95 Å². The summed E-state index contributed by atoms with van der Waals surface area (Å²) in [5.74, 6) is -1.96. The number of H-pyrrole nitrogens is 1. The number of hydrogen-bond donors (Lipinski definition) is 2. The third-order valence-electron chi connectivity index (χ3n) is 6.17. The average molecular weight is 487 g/mol. The molecule has 9 heteroatoms. The van der Waals surface area contributed by atoms with E-state index in [2.05, 4.69) is 9.97 Å². The molecule has 2 heterocycles. The van der Waals surface area contributed by atoms with Gasteiger partial charge in [-0.25, -0.2) is 9.37 Å². The first-order valence-electron chi connectivity index (χ1n) is 11.2. The van der Waals surface area contributed by atoms with Gasteiger partial charge in [0.05, 0.1) is 29.8 Å². The van der Waals surface area contributed by atoms with Crippen LogP contribution in [0, 0.1) is 5.82 Å². The van der Waals surface area contributed by atoms with Gasteiger partial charge in [0.1, 0.15) is 17.3 Å². The lowest BCUT2D eigenvalue weighted by Crippen LogP contribution is -2.30. The van der Waals surface area contributed by atoms with Crippen LogP contribution in [0.5, 0.6) is 5.75 Å². The van der Waals surface area contributed by atoms with Crippen LogP contribution in [0.25, 0.3) is 16.8 Å². The molecule has 1 unspecified atom stereocenters. The molecule has 1 saturated heterocycles. The summed E-state index contributed by atoms with van der Waals surface area (Å²) >= 11 is 0. The largest absolute Gasteiger partial charge is 0.507 e. The standard InChI is InChI=1S/C27H23FN4O4/c1-31(2)18-10-7-15(8-11-18)23-22(24(33)16-5-4-6-19(13-16)36-3)25(34)26(35)32(23)27-29-20-12-9-17(28)14-21(20)30-27/h4-14,23,33H,1-3H3,(H,29,30)/b24-22+. The van der Waals surface area contributed by atoms with Crippen molar-refractivity contribution >= 4 is 40.1 Å². The fraction of sp³-hybridized carbons (Fsp3) is 0.148. The Bertz CT molecular complexity index is 1520. The number of Topliss-reactive ketones (excluding diaryl/α,β-unsaturated/α-hetero) is 1. The second kappa shape index (κ2) is 8.84. The SMILES string of the molecule is COc1cccc(/C(O)=C2\C(=O)C(=O)N(c3nc4ccc(F)cc4[nH]3)C2c2ccc(N(C)C)cc2)c1. The van der Waals surface area contributed by atoms with Gasteiger partial charge in [0.25, 0.3) is 5.78 Å². The van der Waals surface area contributed by atoms with E-state index in [4.69, 9.17) is 4.74 Å². The summed E-state index contributed by atoms with van der Waals surface area (Å²) in [6, 6.07) is 16.9. The number of fused-ring (bicyclic) bond motifs is 1. The number of nitrogens with one attached hydrogen (secondary N) is 1. The molecule has 0 saturated carbocycles. The smallest absolute Gasteiger partial charge is 0.302 e. The van der Waals surface area contributed by atoms with Crippen LogP contribution >= 0.6 is 0 Å². The van der Waals surface area contributed by atoms with Crippen LogP contribution in [0.4, 0.5) is 16.0 Å². The van der Waals surface area contributed by atoms with Crippen LogP contribution in [0.2, 0.25) is 0 Å². The summed E-state index contributed by atoms with van der Waals surface area (Å²) < 4.78 is 19.0. The van der Waals surface area contributed by atoms with E-state index in [1.54, 1.807) is 36.4 Å². The Morgan fingerprint density at radius 2 is 1.83 bits per heavy atom. The number of carbonyl (C=O) groups is 2. The number of rotatable bonds is 5. The minimum absolute atomic E-state index is 0.0732. The van der Waals surface area contributed by atoms with E-state index >= 15 is 0 Å². The highest BCUT2D eigenvalue weighted by Gasteiger charge is 2.48.